The Balaban J connectivity index is 1.24. The number of aliphatic hydroxyl groups is 5. The highest BCUT2D eigenvalue weighted by Gasteiger charge is 2.53. The summed E-state index contributed by atoms with van der Waals surface area (Å²) in [5.41, 5.74) is -1.64. The van der Waals surface area contributed by atoms with Crippen LogP contribution >= 0.6 is 0 Å². The molecule has 0 bridgehead atoms. The van der Waals surface area contributed by atoms with Gasteiger partial charge >= 0.3 is 5.97 Å². The van der Waals surface area contributed by atoms with Crippen LogP contribution in [0.4, 0.5) is 4.39 Å². The molecule has 0 amide bonds. The Kier molecular flexibility index (Phi) is 22.2. The molecule has 20 atom stereocenters. The number of hydrogen-bond donors (Lipinski definition) is 5. The number of aliphatic hydroxyl groups excluding tert-OH is 3. The molecule has 448 valence electrons. The van der Waals surface area contributed by atoms with Gasteiger partial charge in [0.05, 0.1) is 64.8 Å². The minimum atomic E-state index is -1.86. The largest absolute Gasteiger partial charge is 0.459 e. The quantitative estimate of drug-likeness (QED) is 0.114. The number of cyclic esters (lactones) is 1. The van der Waals surface area contributed by atoms with E-state index in [2.05, 4.69) is 20.6 Å². The number of carbonyl (C=O) groups is 1. The number of ether oxygens (including phenoxy) is 7. The average Bonchev–Trinajstić information content (AvgIpc) is 4.10. The zero-order valence-corrected chi connectivity index (χ0v) is 49.5. The fourth-order valence-corrected chi connectivity index (χ4v) is 12.2. The van der Waals surface area contributed by atoms with Gasteiger partial charge in [0.1, 0.15) is 48.8 Å². The number of halogens is 1. The second kappa shape index (κ2) is 27.2. The van der Waals surface area contributed by atoms with Gasteiger partial charge in [0.15, 0.2) is 12.6 Å². The lowest BCUT2D eigenvalue weighted by atomic mass is 9.77. The molecule has 6 rings (SSSR count). The molecule has 0 saturated carbocycles. The monoisotopic (exact) mass is 1120 g/mol. The molecule has 3 aliphatic heterocycles. The molecule has 1 aromatic carbocycles. The number of esters is 1. The number of benzene rings is 1. The minimum Gasteiger partial charge on any atom is -0.459 e. The highest BCUT2D eigenvalue weighted by molar-refractivity contribution is 5.73. The number of hydrogen-bond acceptors (Lipinski definition) is 20. The normalized spacial score (nSPS) is 37.6. The van der Waals surface area contributed by atoms with E-state index in [0.717, 1.165) is 16.9 Å². The van der Waals surface area contributed by atoms with E-state index < -0.39 is 127 Å². The van der Waals surface area contributed by atoms with E-state index in [1.165, 1.54) is 25.8 Å². The van der Waals surface area contributed by atoms with Gasteiger partial charge in [-0.15, -0.1) is 10.2 Å². The van der Waals surface area contributed by atoms with E-state index in [1.807, 2.05) is 87.2 Å². The maximum Gasteiger partial charge on any atom is 0.311 e. The smallest absolute Gasteiger partial charge is 0.311 e. The molecule has 79 heavy (non-hydrogen) atoms. The third kappa shape index (κ3) is 15.1. The number of aromatic nitrogens is 6. The van der Waals surface area contributed by atoms with Crippen molar-refractivity contribution in [2.75, 3.05) is 62.2 Å². The van der Waals surface area contributed by atoms with Gasteiger partial charge < -0.3 is 73.4 Å². The molecule has 5 N–H and O–H groups in total. The van der Waals surface area contributed by atoms with E-state index in [1.54, 1.807) is 59.3 Å². The number of likely N-dealkylation sites (N-methyl/N-ethyl adjacent to an activating group) is 2. The van der Waals surface area contributed by atoms with E-state index in [4.69, 9.17) is 33.2 Å². The summed E-state index contributed by atoms with van der Waals surface area (Å²) >= 11 is 0. The Morgan fingerprint density at radius 3 is 2.19 bits per heavy atom. The molecular formula is C56H94FN9O13. The third-order valence-corrected chi connectivity index (χ3v) is 17.0. The van der Waals surface area contributed by atoms with Crippen molar-refractivity contribution in [2.45, 2.75) is 210 Å². The molecule has 0 unspecified atom stereocenters. The van der Waals surface area contributed by atoms with Gasteiger partial charge in [-0.25, -0.2) is 13.8 Å². The van der Waals surface area contributed by atoms with Gasteiger partial charge in [0.25, 0.3) is 0 Å². The molecule has 0 aliphatic carbocycles. The average molecular weight is 1120 g/mol. The maximum absolute atomic E-state index is 15.0. The summed E-state index contributed by atoms with van der Waals surface area (Å²) in [7, 11) is 10.7. The molecule has 3 aromatic rings. The van der Waals surface area contributed by atoms with Gasteiger partial charge in [-0.05, 0) is 120 Å². The molecule has 23 heteroatoms. The van der Waals surface area contributed by atoms with Crippen molar-refractivity contribution in [3.63, 3.8) is 0 Å². The minimum absolute atomic E-state index is 0.0807. The molecule has 3 saturated heterocycles. The Labute approximate surface area is 466 Å². The fraction of sp³-hybridized carbons (Fsp3) is 0.804. The Hall–Kier alpha value is -3.66. The topological polar surface area (TPSA) is 254 Å². The highest BCUT2D eigenvalue weighted by Crippen LogP contribution is 2.41. The summed E-state index contributed by atoms with van der Waals surface area (Å²) < 4.78 is 62.5. The first-order valence-electron chi connectivity index (χ1n) is 28.0. The van der Waals surface area contributed by atoms with Crippen LogP contribution < -0.4 is 0 Å². The van der Waals surface area contributed by atoms with E-state index in [9.17, 15) is 30.3 Å². The first-order valence-corrected chi connectivity index (χ1v) is 28.0. The van der Waals surface area contributed by atoms with Crippen LogP contribution in [-0.4, -0.2) is 229 Å². The van der Waals surface area contributed by atoms with Gasteiger partial charge in [0.2, 0.25) is 0 Å². The van der Waals surface area contributed by atoms with E-state index in [0.29, 0.717) is 38.2 Å². The second-order valence-corrected chi connectivity index (χ2v) is 24.0. The third-order valence-electron chi connectivity index (χ3n) is 17.0. The van der Waals surface area contributed by atoms with Crippen molar-refractivity contribution in [2.24, 2.45) is 17.8 Å². The first-order chi connectivity index (χ1) is 37.1. The number of rotatable bonds is 18. The van der Waals surface area contributed by atoms with Crippen LogP contribution in [0.15, 0.2) is 36.7 Å². The molecular weight excluding hydrogens is 1030 g/mol. The number of carbonyl (C=O) groups excluding carboxylic acids is 1. The van der Waals surface area contributed by atoms with Crippen molar-refractivity contribution in [3.8, 4) is 5.69 Å². The van der Waals surface area contributed by atoms with Crippen LogP contribution in [0.2, 0.25) is 0 Å². The lowest BCUT2D eigenvalue weighted by Crippen LogP contribution is -2.61. The summed E-state index contributed by atoms with van der Waals surface area (Å²) in [6.07, 6.45) is -6.24. The van der Waals surface area contributed by atoms with Crippen molar-refractivity contribution in [1.29, 1.82) is 0 Å². The van der Waals surface area contributed by atoms with Crippen molar-refractivity contribution < 1.29 is 67.9 Å². The molecule has 0 radical (unpaired) electrons. The van der Waals surface area contributed by atoms with Gasteiger partial charge in [-0.2, -0.15) is 0 Å². The van der Waals surface area contributed by atoms with Gasteiger partial charge in [-0.1, -0.05) is 43.3 Å². The van der Waals surface area contributed by atoms with Crippen LogP contribution in [0.1, 0.15) is 124 Å². The van der Waals surface area contributed by atoms with Crippen molar-refractivity contribution in [1.82, 2.24) is 44.7 Å². The lowest BCUT2D eigenvalue weighted by molar-refractivity contribution is -0.318. The Bertz CT molecular complexity index is 2360. The first kappa shape index (κ1) is 64.5. The zero-order valence-electron chi connectivity index (χ0n) is 49.5. The van der Waals surface area contributed by atoms with Crippen LogP contribution in [0.5, 0.6) is 0 Å². The predicted octanol–water partition coefficient (Wildman–Crippen LogP) is 3.65. The summed E-state index contributed by atoms with van der Waals surface area (Å²) in [6, 6.07) is 5.59. The van der Waals surface area contributed by atoms with E-state index in [-0.39, 0.29) is 25.2 Å². The molecule has 2 aromatic heterocycles. The number of methoxy groups -OCH3 is 2. The maximum atomic E-state index is 15.0. The summed E-state index contributed by atoms with van der Waals surface area (Å²) in [4.78, 5) is 20.5. The van der Waals surface area contributed by atoms with Crippen LogP contribution in [0, 0.1) is 17.8 Å². The zero-order chi connectivity index (χ0) is 58.5. The van der Waals surface area contributed by atoms with Crippen LogP contribution in [-0.2, 0) is 50.9 Å². The number of nitrogens with zero attached hydrogens (tertiary/aromatic N) is 9. The fourth-order valence-electron chi connectivity index (χ4n) is 12.2. The summed E-state index contributed by atoms with van der Waals surface area (Å²) in [5.74, 6) is -2.89. The van der Waals surface area contributed by atoms with Crippen LogP contribution in [0.25, 0.3) is 5.69 Å². The molecule has 3 aliphatic rings. The molecule has 0 spiro atoms. The van der Waals surface area contributed by atoms with Gasteiger partial charge in [0, 0.05) is 70.9 Å². The SMILES string of the molecule is CC[C@H]1OC(=O)[C@H](C)[C@@H](O[C@H]2C[C@@](C)(OC)[C@@H](O)[C@H](C)O2)[C@H](C)[C@@H](O[C@@H]2O[C@H](C)C[C@H](N(C)CCc3cn([C@H](CF)[C@H](OC)c4ccc(-n5cc(CN(C)C)nn5)cc4)nn3)[C@H]2O)[C@](C)(O)C[C@@H](C)CN(C)[C@H](C)[C@@H](O)[C@]1(C)O. The summed E-state index contributed by atoms with van der Waals surface area (Å²) in [5, 5.41) is 77.2. The van der Waals surface area contributed by atoms with Crippen LogP contribution in [0.3, 0.4) is 0 Å². The lowest BCUT2D eigenvalue weighted by Gasteiger charge is -2.49. The van der Waals surface area contributed by atoms with Crippen molar-refractivity contribution >= 4 is 5.97 Å². The van der Waals surface area contributed by atoms with Gasteiger partial charge in [-0.3, -0.25) is 4.79 Å². The standard InChI is InChI=1S/C56H94FN9O13/c1-17-44-56(10,72)49(68)36(6)64(14)28-32(2)25-54(8,71)51(34(4)47(35(5)52(70)77-44)78-45-26-55(9,74-16)50(69)37(7)76-45)79-53-46(67)42(24-33(3)75-53)63(13)23-22-39-30-66(61-58-39)43(27-57)48(73-15)38-18-20-41(21-19-38)65-31-40(59-60-65)29-62(11)12/h18-21,30-37,42-51,53,67-69,71-72H,17,22-29H2,1-16H3/t32-,33-,34+,35-,36-,37+,42+,43-,44-,45+,46-,47+,48-,49-,50+,51-,53+,54-,55-,56-/m1/s1. The van der Waals surface area contributed by atoms with Crippen molar-refractivity contribution in [3.05, 3.63) is 53.6 Å². The predicted molar refractivity (Wildman–Crippen MR) is 290 cm³/mol. The molecule has 22 nitrogen and oxygen atoms in total. The highest BCUT2D eigenvalue weighted by atomic mass is 19.1. The second-order valence-electron chi connectivity index (χ2n) is 24.0. The van der Waals surface area contributed by atoms with E-state index >= 15 is 4.39 Å². The molecule has 3 fully saturated rings. The number of alkyl halides is 1. The Morgan fingerprint density at radius 1 is 0.899 bits per heavy atom. The summed E-state index contributed by atoms with van der Waals surface area (Å²) in [6.45, 7) is 18.1. The molecule has 5 heterocycles. The Morgan fingerprint density at radius 2 is 1.57 bits per heavy atom.